The number of aromatic nitrogens is 3. The predicted molar refractivity (Wildman–Crippen MR) is 105 cm³/mol. The van der Waals surface area contributed by atoms with Gasteiger partial charge in [0.2, 0.25) is 5.95 Å². The van der Waals surface area contributed by atoms with Crippen molar-refractivity contribution in [2.75, 3.05) is 5.32 Å². The van der Waals surface area contributed by atoms with Crippen LogP contribution >= 0.6 is 11.6 Å². The minimum Gasteiger partial charge on any atom is -0.320 e. The first-order valence-electron chi connectivity index (χ1n) is 8.32. The highest BCUT2D eigenvalue weighted by atomic mass is 35.5. The van der Waals surface area contributed by atoms with Crippen molar-refractivity contribution < 1.29 is 4.79 Å². The van der Waals surface area contributed by atoms with Gasteiger partial charge in [-0.2, -0.15) is 0 Å². The molecule has 0 fully saturated rings. The van der Waals surface area contributed by atoms with Crippen LogP contribution in [-0.2, 0) is 12.5 Å². The zero-order valence-corrected chi connectivity index (χ0v) is 16.0. The Kier molecular flexibility index (Phi) is 4.83. The largest absolute Gasteiger partial charge is 0.320 e. The van der Waals surface area contributed by atoms with Crippen molar-refractivity contribution >= 4 is 23.5 Å². The van der Waals surface area contributed by atoms with Crippen LogP contribution in [0.5, 0.6) is 0 Å². The molecule has 0 aliphatic heterocycles. The molecular formula is C20H21ClN4O. The van der Waals surface area contributed by atoms with Gasteiger partial charge in [0.1, 0.15) is 5.69 Å². The maximum atomic E-state index is 12.4. The van der Waals surface area contributed by atoms with Crippen LogP contribution in [0.15, 0.2) is 48.7 Å². The molecule has 2 heterocycles. The third-order valence-corrected chi connectivity index (χ3v) is 4.24. The Bertz CT molecular complexity index is 939. The van der Waals surface area contributed by atoms with Crippen LogP contribution < -0.4 is 5.32 Å². The number of nitrogens with zero attached hydrogens (tertiary/aromatic N) is 3. The van der Waals surface area contributed by atoms with E-state index in [1.165, 1.54) is 0 Å². The van der Waals surface area contributed by atoms with Gasteiger partial charge in [-0.15, -0.1) is 0 Å². The first kappa shape index (κ1) is 18.1. The topological polar surface area (TPSA) is 59.8 Å². The molecule has 0 unspecified atom stereocenters. The van der Waals surface area contributed by atoms with Gasteiger partial charge in [-0.3, -0.25) is 15.1 Å². The van der Waals surface area contributed by atoms with Crippen molar-refractivity contribution in [1.29, 1.82) is 0 Å². The number of nitrogens with one attached hydrogen (secondary N) is 1. The minimum atomic E-state index is -0.238. The summed E-state index contributed by atoms with van der Waals surface area (Å²) in [5, 5.41) is 3.41. The van der Waals surface area contributed by atoms with Crippen molar-refractivity contribution in [1.82, 2.24) is 14.5 Å². The number of rotatable bonds is 3. The van der Waals surface area contributed by atoms with Crippen LogP contribution in [0.2, 0.25) is 5.02 Å². The van der Waals surface area contributed by atoms with E-state index in [0.717, 1.165) is 11.4 Å². The van der Waals surface area contributed by atoms with Gasteiger partial charge in [0, 0.05) is 34.9 Å². The molecule has 26 heavy (non-hydrogen) atoms. The first-order chi connectivity index (χ1) is 12.2. The molecule has 6 heteroatoms. The van der Waals surface area contributed by atoms with E-state index < -0.39 is 0 Å². The van der Waals surface area contributed by atoms with Gasteiger partial charge in [-0.25, -0.2) is 4.98 Å². The Morgan fingerprint density at radius 1 is 1.04 bits per heavy atom. The van der Waals surface area contributed by atoms with E-state index in [9.17, 15) is 4.79 Å². The maximum absolute atomic E-state index is 12.4. The van der Waals surface area contributed by atoms with Crippen LogP contribution in [0.3, 0.4) is 0 Å². The summed E-state index contributed by atoms with van der Waals surface area (Å²) in [5.74, 6) is 0.223. The van der Waals surface area contributed by atoms with Gasteiger partial charge in [0.15, 0.2) is 0 Å². The van der Waals surface area contributed by atoms with Crippen molar-refractivity contribution in [3.8, 4) is 11.4 Å². The average Bonchev–Trinajstić information content (AvgIpc) is 2.95. The minimum absolute atomic E-state index is 0.0452. The van der Waals surface area contributed by atoms with E-state index in [0.29, 0.717) is 22.2 Å². The summed E-state index contributed by atoms with van der Waals surface area (Å²) in [7, 11) is 1.83. The Labute approximate surface area is 158 Å². The molecule has 0 radical (unpaired) electrons. The number of anilines is 1. The molecule has 0 aliphatic carbocycles. The molecular weight excluding hydrogens is 348 g/mol. The standard InChI is InChI=1S/C20H21ClN4O/c1-20(2,3)17-7-5-6-15(22-17)16-12-25(4)19(23-16)24-18(26)13-8-10-14(21)11-9-13/h5-12H,1-4H3,(H,23,24,26). The van der Waals surface area contributed by atoms with Gasteiger partial charge < -0.3 is 4.57 Å². The van der Waals surface area contributed by atoms with Gasteiger partial charge >= 0.3 is 0 Å². The second-order valence-corrected chi connectivity index (χ2v) is 7.62. The number of hydrogen-bond acceptors (Lipinski definition) is 3. The number of carbonyl (C=O) groups excluding carboxylic acids is 1. The van der Waals surface area contributed by atoms with E-state index in [1.54, 1.807) is 28.8 Å². The molecule has 134 valence electrons. The highest BCUT2D eigenvalue weighted by molar-refractivity contribution is 6.30. The molecule has 3 aromatic rings. The van der Waals surface area contributed by atoms with Crippen LogP contribution in [0.4, 0.5) is 5.95 Å². The van der Waals surface area contributed by atoms with E-state index in [2.05, 4.69) is 31.1 Å². The summed E-state index contributed by atoms with van der Waals surface area (Å²) in [6, 6.07) is 12.6. The fraction of sp³-hybridized carbons (Fsp3) is 0.250. The lowest BCUT2D eigenvalue weighted by Gasteiger charge is -2.17. The molecule has 0 spiro atoms. The number of imidazole rings is 1. The highest BCUT2D eigenvalue weighted by Crippen LogP contribution is 2.24. The quantitative estimate of drug-likeness (QED) is 0.729. The molecule has 3 rings (SSSR count). The van der Waals surface area contributed by atoms with Crippen molar-refractivity contribution in [2.24, 2.45) is 7.05 Å². The normalized spacial score (nSPS) is 11.4. The second-order valence-electron chi connectivity index (χ2n) is 7.18. The lowest BCUT2D eigenvalue weighted by Crippen LogP contribution is -2.14. The number of halogens is 1. The van der Waals surface area contributed by atoms with Gasteiger partial charge in [-0.05, 0) is 36.4 Å². The Morgan fingerprint density at radius 2 is 1.73 bits per heavy atom. The molecule has 0 aliphatic rings. The van der Waals surface area contributed by atoms with Crippen LogP contribution in [0.1, 0.15) is 36.8 Å². The molecule has 1 amide bonds. The Morgan fingerprint density at radius 3 is 2.38 bits per heavy atom. The number of hydrogen-bond donors (Lipinski definition) is 1. The molecule has 2 aromatic heterocycles. The average molecular weight is 369 g/mol. The lowest BCUT2D eigenvalue weighted by molar-refractivity contribution is 0.102. The zero-order valence-electron chi connectivity index (χ0n) is 15.2. The molecule has 0 atom stereocenters. The zero-order chi connectivity index (χ0) is 18.9. The van der Waals surface area contributed by atoms with Gasteiger partial charge in [0.25, 0.3) is 5.91 Å². The number of amides is 1. The third-order valence-electron chi connectivity index (χ3n) is 3.99. The lowest BCUT2D eigenvalue weighted by atomic mass is 9.91. The molecule has 0 saturated carbocycles. The fourth-order valence-corrected chi connectivity index (χ4v) is 2.60. The molecule has 1 aromatic carbocycles. The second kappa shape index (κ2) is 6.92. The Balaban J connectivity index is 1.85. The number of carbonyl (C=O) groups is 1. The summed E-state index contributed by atoms with van der Waals surface area (Å²) in [4.78, 5) is 21.6. The number of aryl methyl sites for hydroxylation is 1. The summed E-state index contributed by atoms with van der Waals surface area (Å²) < 4.78 is 1.77. The number of benzene rings is 1. The van der Waals surface area contributed by atoms with E-state index in [4.69, 9.17) is 16.6 Å². The van der Waals surface area contributed by atoms with E-state index >= 15 is 0 Å². The van der Waals surface area contributed by atoms with Gasteiger partial charge in [0.05, 0.1) is 5.69 Å². The van der Waals surface area contributed by atoms with Crippen LogP contribution in [-0.4, -0.2) is 20.4 Å². The van der Waals surface area contributed by atoms with Gasteiger partial charge in [-0.1, -0.05) is 38.4 Å². The maximum Gasteiger partial charge on any atom is 0.257 e. The summed E-state index contributed by atoms with van der Waals surface area (Å²) >= 11 is 5.86. The number of pyridine rings is 1. The smallest absolute Gasteiger partial charge is 0.257 e. The SMILES string of the molecule is Cn1cc(-c2cccc(C(C)(C)C)n2)nc1NC(=O)c1ccc(Cl)cc1. The third kappa shape index (κ3) is 3.94. The fourth-order valence-electron chi connectivity index (χ4n) is 2.48. The summed E-state index contributed by atoms with van der Waals surface area (Å²) in [6.45, 7) is 6.36. The molecule has 0 saturated heterocycles. The first-order valence-corrected chi connectivity index (χ1v) is 8.70. The van der Waals surface area contributed by atoms with Crippen LogP contribution in [0.25, 0.3) is 11.4 Å². The predicted octanol–water partition coefficient (Wildman–Crippen LogP) is 4.69. The van der Waals surface area contributed by atoms with Crippen molar-refractivity contribution in [3.05, 3.63) is 64.9 Å². The van der Waals surface area contributed by atoms with Crippen LogP contribution in [0, 0.1) is 0 Å². The summed E-state index contributed by atoms with van der Waals surface area (Å²) in [5.41, 5.74) is 2.96. The van der Waals surface area contributed by atoms with Crippen molar-refractivity contribution in [3.63, 3.8) is 0 Å². The highest BCUT2D eigenvalue weighted by Gasteiger charge is 2.17. The van der Waals surface area contributed by atoms with Crippen molar-refractivity contribution in [2.45, 2.75) is 26.2 Å². The summed E-state index contributed by atoms with van der Waals surface area (Å²) in [6.07, 6.45) is 1.85. The van der Waals surface area contributed by atoms with E-state index in [-0.39, 0.29) is 11.3 Å². The van der Waals surface area contributed by atoms with E-state index in [1.807, 2.05) is 31.4 Å². The Hall–Kier alpha value is -2.66. The molecule has 1 N–H and O–H groups in total. The molecule has 5 nitrogen and oxygen atoms in total. The monoisotopic (exact) mass is 368 g/mol. The molecule has 0 bridgehead atoms.